The number of likely N-dealkylation sites (N-methyl/N-ethyl adjacent to an activating group) is 1. The summed E-state index contributed by atoms with van der Waals surface area (Å²) < 4.78 is 6.23. The van der Waals surface area contributed by atoms with E-state index in [0.29, 0.717) is 50.9 Å². The van der Waals surface area contributed by atoms with Crippen molar-refractivity contribution >= 4 is 11.8 Å². The van der Waals surface area contributed by atoms with Gasteiger partial charge in [-0.25, -0.2) is 0 Å². The fourth-order valence-corrected chi connectivity index (χ4v) is 5.88. The van der Waals surface area contributed by atoms with Gasteiger partial charge in [-0.3, -0.25) is 14.6 Å². The van der Waals surface area contributed by atoms with Gasteiger partial charge in [-0.2, -0.15) is 0 Å². The number of carbonyl (C=O) groups excluding carboxylic acids is 2. The first-order valence-electron chi connectivity index (χ1n) is 14.2. The number of allylic oxidation sites excluding steroid dienone is 1. The molecular weight excluding hydrogens is 480 g/mol. The predicted molar refractivity (Wildman–Crippen MR) is 148 cm³/mol. The van der Waals surface area contributed by atoms with E-state index in [1.165, 1.54) is 0 Å². The Balaban J connectivity index is 1.64. The molecule has 2 fully saturated rings. The molecule has 38 heavy (non-hydrogen) atoms. The van der Waals surface area contributed by atoms with Crippen LogP contribution in [0.2, 0.25) is 0 Å². The van der Waals surface area contributed by atoms with Crippen LogP contribution in [0.4, 0.5) is 0 Å². The summed E-state index contributed by atoms with van der Waals surface area (Å²) in [6.45, 7) is 9.85. The molecule has 1 saturated carbocycles. The van der Waals surface area contributed by atoms with Gasteiger partial charge in [-0.15, -0.1) is 0 Å². The topological polar surface area (TPSA) is 98.8 Å². The van der Waals surface area contributed by atoms with Crippen molar-refractivity contribution in [3.05, 3.63) is 53.6 Å². The molecule has 2 aliphatic heterocycles. The SMILES string of the molecule is CCOC1(c2cccnc2)C=CC(N2CCN(C(=O)C3(CC)CCC3)C[C@H]2CC)=C(C(=O)NCCNC)N1. The Bertz CT molecular complexity index is 1030. The summed E-state index contributed by atoms with van der Waals surface area (Å²) in [5.41, 5.74) is 0.970. The number of hydrogen-bond donors (Lipinski definition) is 3. The van der Waals surface area contributed by atoms with Crippen LogP contribution in [-0.2, 0) is 20.1 Å². The summed E-state index contributed by atoms with van der Waals surface area (Å²) in [5, 5.41) is 9.58. The molecule has 9 nitrogen and oxygen atoms in total. The molecule has 1 aromatic heterocycles. The van der Waals surface area contributed by atoms with E-state index in [2.05, 4.69) is 44.6 Å². The number of rotatable bonds is 11. The lowest BCUT2D eigenvalue weighted by molar-refractivity contribution is -0.150. The van der Waals surface area contributed by atoms with Crippen LogP contribution < -0.4 is 16.0 Å². The first kappa shape index (κ1) is 28.1. The van der Waals surface area contributed by atoms with Crippen molar-refractivity contribution in [3.63, 3.8) is 0 Å². The molecule has 3 aliphatic rings. The van der Waals surface area contributed by atoms with E-state index in [4.69, 9.17) is 4.74 Å². The predicted octanol–water partition coefficient (Wildman–Crippen LogP) is 2.48. The quantitative estimate of drug-likeness (QED) is 0.383. The molecule has 2 amide bonds. The van der Waals surface area contributed by atoms with Gasteiger partial charge < -0.3 is 30.5 Å². The molecule has 1 saturated heterocycles. The van der Waals surface area contributed by atoms with Gasteiger partial charge in [0.25, 0.3) is 5.91 Å². The average molecular weight is 525 g/mol. The second-order valence-electron chi connectivity index (χ2n) is 10.5. The van der Waals surface area contributed by atoms with E-state index in [1.54, 1.807) is 12.4 Å². The summed E-state index contributed by atoms with van der Waals surface area (Å²) in [6.07, 6.45) is 12.4. The zero-order valence-corrected chi connectivity index (χ0v) is 23.4. The zero-order valence-electron chi connectivity index (χ0n) is 23.4. The molecule has 0 aromatic carbocycles. The maximum atomic E-state index is 13.6. The monoisotopic (exact) mass is 524 g/mol. The van der Waals surface area contributed by atoms with Crippen molar-refractivity contribution < 1.29 is 14.3 Å². The van der Waals surface area contributed by atoms with Gasteiger partial charge in [0.2, 0.25) is 5.91 Å². The number of piperazine rings is 1. The lowest BCUT2D eigenvalue weighted by atomic mass is 9.66. The molecule has 1 unspecified atom stereocenters. The molecule has 2 atom stereocenters. The highest BCUT2D eigenvalue weighted by Crippen LogP contribution is 2.45. The Labute approximate surface area is 227 Å². The summed E-state index contributed by atoms with van der Waals surface area (Å²) in [6, 6.07) is 3.93. The number of ether oxygens (including phenoxy) is 1. The number of amides is 2. The number of hydrogen-bond acceptors (Lipinski definition) is 7. The number of carbonyl (C=O) groups is 2. The molecule has 0 bridgehead atoms. The maximum Gasteiger partial charge on any atom is 0.269 e. The van der Waals surface area contributed by atoms with E-state index < -0.39 is 5.72 Å². The first-order chi connectivity index (χ1) is 18.4. The molecule has 0 radical (unpaired) electrons. The average Bonchev–Trinajstić information content (AvgIpc) is 2.93. The molecule has 1 aromatic rings. The molecular formula is C29H44N6O3. The van der Waals surface area contributed by atoms with Crippen molar-refractivity contribution in [2.24, 2.45) is 5.41 Å². The molecule has 3 N–H and O–H groups in total. The molecule has 4 rings (SSSR count). The second-order valence-corrected chi connectivity index (χ2v) is 10.5. The smallest absolute Gasteiger partial charge is 0.269 e. The fraction of sp³-hybridized carbons (Fsp3) is 0.621. The minimum atomic E-state index is -1.00. The first-order valence-corrected chi connectivity index (χ1v) is 14.2. The molecule has 208 valence electrons. The van der Waals surface area contributed by atoms with E-state index in [-0.39, 0.29) is 17.4 Å². The van der Waals surface area contributed by atoms with Crippen molar-refractivity contribution in [3.8, 4) is 0 Å². The number of aromatic nitrogens is 1. The highest BCUT2D eigenvalue weighted by atomic mass is 16.5. The van der Waals surface area contributed by atoms with Crippen molar-refractivity contribution in [1.29, 1.82) is 0 Å². The Morgan fingerprint density at radius 3 is 2.63 bits per heavy atom. The van der Waals surface area contributed by atoms with Crippen LogP contribution in [0.3, 0.4) is 0 Å². The summed E-state index contributed by atoms with van der Waals surface area (Å²) in [5.74, 6) is 0.132. The van der Waals surface area contributed by atoms with E-state index >= 15 is 0 Å². The third kappa shape index (κ3) is 5.45. The van der Waals surface area contributed by atoms with Gasteiger partial charge in [0.1, 0.15) is 5.70 Å². The second kappa shape index (κ2) is 12.3. The van der Waals surface area contributed by atoms with E-state index in [0.717, 1.165) is 43.4 Å². The van der Waals surface area contributed by atoms with Crippen molar-refractivity contribution in [1.82, 2.24) is 30.7 Å². The molecule has 3 heterocycles. The van der Waals surface area contributed by atoms with Crippen molar-refractivity contribution in [2.75, 3.05) is 46.4 Å². The minimum absolute atomic E-state index is 0.112. The minimum Gasteiger partial charge on any atom is -0.363 e. The summed E-state index contributed by atoms with van der Waals surface area (Å²) in [7, 11) is 1.86. The lowest BCUT2D eigenvalue weighted by Gasteiger charge is -2.49. The largest absolute Gasteiger partial charge is 0.363 e. The molecule has 0 spiro atoms. The number of pyridine rings is 1. The normalized spacial score (nSPS) is 24.6. The van der Waals surface area contributed by atoms with Crippen LogP contribution in [0.15, 0.2) is 48.1 Å². The van der Waals surface area contributed by atoms with Crippen LogP contribution >= 0.6 is 0 Å². The Morgan fingerprint density at radius 1 is 1.21 bits per heavy atom. The van der Waals surface area contributed by atoms with E-state index in [1.807, 2.05) is 38.3 Å². The zero-order chi connectivity index (χ0) is 27.2. The Kier molecular flexibility index (Phi) is 9.10. The van der Waals surface area contributed by atoms with Gasteiger partial charge in [0, 0.05) is 68.7 Å². The number of dihydropyridines is 1. The third-order valence-corrected chi connectivity index (χ3v) is 8.38. The van der Waals surface area contributed by atoms with Crippen molar-refractivity contribution in [2.45, 2.75) is 64.6 Å². The summed E-state index contributed by atoms with van der Waals surface area (Å²) >= 11 is 0. The van der Waals surface area contributed by atoms with E-state index in [9.17, 15) is 9.59 Å². The lowest BCUT2D eigenvalue weighted by Crippen LogP contribution is -2.59. The fourth-order valence-electron chi connectivity index (χ4n) is 5.88. The summed E-state index contributed by atoms with van der Waals surface area (Å²) in [4.78, 5) is 35.7. The number of nitrogens with one attached hydrogen (secondary N) is 3. The highest BCUT2D eigenvalue weighted by Gasteiger charge is 2.46. The van der Waals surface area contributed by atoms with Gasteiger partial charge in [0.05, 0.1) is 5.70 Å². The van der Waals surface area contributed by atoms with Gasteiger partial charge >= 0.3 is 0 Å². The van der Waals surface area contributed by atoms with Gasteiger partial charge in [-0.1, -0.05) is 26.3 Å². The Morgan fingerprint density at radius 2 is 2.03 bits per heavy atom. The molecule has 1 aliphatic carbocycles. The van der Waals surface area contributed by atoms with Gasteiger partial charge in [-0.05, 0) is 57.9 Å². The van der Waals surface area contributed by atoms with Crippen LogP contribution in [0, 0.1) is 5.41 Å². The van der Waals surface area contributed by atoms with Crippen LogP contribution in [-0.4, -0.2) is 79.0 Å². The Hall–Kier alpha value is -2.91. The van der Waals surface area contributed by atoms with Crippen LogP contribution in [0.1, 0.15) is 58.4 Å². The third-order valence-electron chi connectivity index (χ3n) is 8.38. The maximum absolute atomic E-state index is 13.6. The van der Waals surface area contributed by atoms with Crippen LogP contribution in [0.25, 0.3) is 0 Å². The molecule has 9 heteroatoms. The number of nitrogens with zero attached hydrogens (tertiary/aromatic N) is 3. The standard InChI is InChI=1S/C29H44N6O3/c1-5-23-21-34(27(37)28(6-2)12-9-13-28)18-19-35(23)24-11-14-29(38-7-3,22-10-8-15-31-20-22)33-25(24)26(36)32-17-16-30-4/h8,10-11,14-15,20,23,30,33H,5-7,9,12-13,16-19,21H2,1-4H3,(H,32,36)/t23-,29?/m1/s1. The highest BCUT2D eigenvalue weighted by molar-refractivity contribution is 5.94. The van der Waals surface area contributed by atoms with Gasteiger partial charge in [0.15, 0.2) is 5.72 Å². The van der Waals surface area contributed by atoms with Crippen LogP contribution in [0.5, 0.6) is 0 Å².